The summed E-state index contributed by atoms with van der Waals surface area (Å²) in [6, 6.07) is 12.0. The molecule has 26 heavy (non-hydrogen) atoms. The van der Waals surface area contributed by atoms with Gasteiger partial charge in [0, 0.05) is 11.7 Å². The fraction of sp³-hybridized carbons (Fsp3) is 0.263. The molecule has 1 heterocycles. The predicted octanol–water partition coefficient (Wildman–Crippen LogP) is 4.01. The SMILES string of the molecule is CC1Cc2ccccc2N1C(=O)CC(=O)Nc1ccccc1C(F)(F)F. The average Bonchev–Trinajstić information content (AvgIpc) is 2.90. The first-order valence-corrected chi connectivity index (χ1v) is 8.13. The quantitative estimate of drug-likeness (QED) is 0.839. The van der Waals surface area contributed by atoms with Crippen molar-refractivity contribution in [3.8, 4) is 0 Å². The van der Waals surface area contributed by atoms with Gasteiger partial charge in [-0.3, -0.25) is 9.59 Å². The van der Waals surface area contributed by atoms with Gasteiger partial charge in [0.2, 0.25) is 11.8 Å². The molecule has 2 aromatic rings. The molecule has 3 rings (SSSR count). The van der Waals surface area contributed by atoms with E-state index in [9.17, 15) is 22.8 Å². The summed E-state index contributed by atoms with van der Waals surface area (Å²) < 4.78 is 39.0. The van der Waals surface area contributed by atoms with E-state index >= 15 is 0 Å². The first-order valence-electron chi connectivity index (χ1n) is 8.13. The number of para-hydroxylation sites is 2. The summed E-state index contributed by atoms with van der Waals surface area (Å²) in [7, 11) is 0. The van der Waals surface area contributed by atoms with E-state index in [4.69, 9.17) is 0 Å². The first-order chi connectivity index (χ1) is 12.3. The van der Waals surface area contributed by atoms with Crippen LogP contribution in [0.3, 0.4) is 0 Å². The number of benzene rings is 2. The monoisotopic (exact) mass is 362 g/mol. The molecule has 0 radical (unpaired) electrons. The second-order valence-corrected chi connectivity index (χ2v) is 6.21. The molecule has 7 heteroatoms. The second-order valence-electron chi connectivity index (χ2n) is 6.21. The van der Waals surface area contributed by atoms with Crippen molar-refractivity contribution in [2.75, 3.05) is 10.2 Å². The number of hydrogen-bond donors (Lipinski definition) is 1. The van der Waals surface area contributed by atoms with Crippen LogP contribution in [0.2, 0.25) is 0 Å². The van der Waals surface area contributed by atoms with E-state index in [1.165, 1.54) is 23.1 Å². The molecule has 0 fully saturated rings. The minimum atomic E-state index is -4.59. The summed E-state index contributed by atoms with van der Waals surface area (Å²) in [5.41, 5.74) is 0.457. The van der Waals surface area contributed by atoms with Gasteiger partial charge < -0.3 is 10.2 Å². The van der Waals surface area contributed by atoms with Crippen LogP contribution in [0, 0.1) is 0 Å². The lowest BCUT2D eigenvalue weighted by Gasteiger charge is -2.22. The van der Waals surface area contributed by atoms with Gasteiger partial charge in [0.1, 0.15) is 6.42 Å². The molecule has 0 spiro atoms. The maximum Gasteiger partial charge on any atom is 0.418 e. The molecule has 0 aliphatic carbocycles. The molecule has 1 N–H and O–H groups in total. The molecule has 0 aromatic heterocycles. The summed E-state index contributed by atoms with van der Waals surface area (Å²) in [5.74, 6) is -1.22. The maximum absolute atomic E-state index is 13.0. The number of alkyl halides is 3. The van der Waals surface area contributed by atoms with Crippen molar-refractivity contribution in [2.45, 2.75) is 32.0 Å². The van der Waals surface area contributed by atoms with Gasteiger partial charge >= 0.3 is 6.18 Å². The zero-order valence-corrected chi connectivity index (χ0v) is 14.0. The minimum absolute atomic E-state index is 0.102. The molecule has 1 unspecified atom stereocenters. The highest BCUT2D eigenvalue weighted by Crippen LogP contribution is 2.35. The van der Waals surface area contributed by atoms with Crippen molar-refractivity contribution in [1.29, 1.82) is 0 Å². The zero-order chi connectivity index (χ0) is 18.9. The Morgan fingerprint density at radius 3 is 2.50 bits per heavy atom. The van der Waals surface area contributed by atoms with E-state index < -0.39 is 30.0 Å². The number of carbonyl (C=O) groups excluding carboxylic acids is 2. The fourth-order valence-electron chi connectivity index (χ4n) is 3.20. The summed E-state index contributed by atoms with van der Waals surface area (Å²) >= 11 is 0. The van der Waals surface area contributed by atoms with Crippen LogP contribution in [0.1, 0.15) is 24.5 Å². The Kier molecular flexibility index (Phi) is 4.71. The van der Waals surface area contributed by atoms with E-state index in [-0.39, 0.29) is 11.7 Å². The Bertz CT molecular complexity index is 849. The number of fused-ring (bicyclic) bond motifs is 1. The van der Waals surface area contributed by atoms with E-state index in [1.807, 2.05) is 19.1 Å². The lowest BCUT2D eigenvalue weighted by atomic mass is 10.1. The van der Waals surface area contributed by atoms with Crippen LogP contribution >= 0.6 is 0 Å². The van der Waals surface area contributed by atoms with Crippen molar-refractivity contribution in [2.24, 2.45) is 0 Å². The summed E-state index contributed by atoms with van der Waals surface area (Å²) in [6.45, 7) is 1.87. The van der Waals surface area contributed by atoms with Crippen LogP contribution in [0.25, 0.3) is 0 Å². The highest BCUT2D eigenvalue weighted by atomic mass is 19.4. The molecule has 1 atom stereocenters. The summed E-state index contributed by atoms with van der Waals surface area (Å²) in [4.78, 5) is 26.2. The van der Waals surface area contributed by atoms with Crippen molar-refractivity contribution in [3.05, 3.63) is 59.7 Å². The molecule has 0 saturated carbocycles. The molecular weight excluding hydrogens is 345 g/mol. The molecule has 2 amide bonds. The number of anilines is 2. The van der Waals surface area contributed by atoms with Gasteiger partial charge in [-0.1, -0.05) is 30.3 Å². The number of hydrogen-bond acceptors (Lipinski definition) is 2. The second kappa shape index (κ2) is 6.82. The number of halogens is 3. The number of carbonyl (C=O) groups is 2. The standard InChI is InChI=1S/C19H17F3N2O2/c1-12-10-13-6-2-5-9-16(13)24(12)18(26)11-17(25)23-15-8-4-3-7-14(15)19(20,21)22/h2-9,12H,10-11H2,1H3,(H,23,25). The first kappa shape index (κ1) is 18.0. The molecule has 4 nitrogen and oxygen atoms in total. The Morgan fingerprint density at radius 2 is 1.77 bits per heavy atom. The van der Waals surface area contributed by atoms with Crippen LogP contribution in [-0.2, 0) is 22.2 Å². The lowest BCUT2D eigenvalue weighted by molar-refractivity contribution is -0.137. The van der Waals surface area contributed by atoms with Gasteiger partial charge in [-0.2, -0.15) is 13.2 Å². The third kappa shape index (κ3) is 3.56. The van der Waals surface area contributed by atoms with Crippen molar-refractivity contribution in [1.82, 2.24) is 0 Å². The number of rotatable bonds is 3. The summed E-state index contributed by atoms with van der Waals surface area (Å²) in [5, 5.41) is 2.20. The number of nitrogens with one attached hydrogen (secondary N) is 1. The summed E-state index contributed by atoms with van der Waals surface area (Å²) in [6.07, 6.45) is -4.43. The van der Waals surface area contributed by atoms with Crippen molar-refractivity contribution >= 4 is 23.2 Å². The molecule has 0 bridgehead atoms. The van der Waals surface area contributed by atoms with Gasteiger partial charge in [-0.05, 0) is 37.1 Å². The largest absolute Gasteiger partial charge is 0.418 e. The predicted molar refractivity (Wildman–Crippen MR) is 91.8 cm³/mol. The Balaban J connectivity index is 1.73. The lowest BCUT2D eigenvalue weighted by Crippen LogP contribution is -2.37. The Hall–Kier alpha value is -2.83. The minimum Gasteiger partial charge on any atom is -0.325 e. The van der Waals surface area contributed by atoms with Gasteiger partial charge in [-0.25, -0.2) is 0 Å². The molecule has 1 aliphatic rings. The van der Waals surface area contributed by atoms with Crippen LogP contribution in [0.15, 0.2) is 48.5 Å². The van der Waals surface area contributed by atoms with Crippen LogP contribution in [0.5, 0.6) is 0 Å². The Morgan fingerprint density at radius 1 is 1.12 bits per heavy atom. The van der Waals surface area contributed by atoms with Crippen LogP contribution in [0.4, 0.5) is 24.5 Å². The fourth-order valence-corrected chi connectivity index (χ4v) is 3.20. The van der Waals surface area contributed by atoms with Crippen LogP contribution in [-0.4, -0.2) is 17.9 Å². The molecule has 1 aliphatic heterocycles. The Labute approximate surface area is 148 Å². The van der Waals surface area contributed by atoms with E-state index in [0.717, 1.165) is 17.3 Å². The van der Waals surface area contributed by atoms with Gasteiger partial charge in [-0.15, -0.1) is 0 Å². The van der Waals surface area contributed by atoms with Gasteiger partial charge in [0.25, 0.3) is 0 Å². The van der Waals surface area contributed by atoms with Crippen LogP contribution < -0.4 is 10.2 Å². The average molecular weight is 362 g/mol. The third-order valence-electron chi connectivity index (χ3n) is 4.29. The number of amides is 2. The van der Waals surface area contributed by atoms with Gasteiger partial charge in [0.05, 0.1) is 11.3 Å². The zero-order valence-electron chi connectivity index (χ0n) is 14.0. The molecule has 136 valence electrons. The highest BCUT2D eigenvalue weighted by Gasteiger charge is 2.34. The third-order valence-corrected chi connectivity index (χ3v) is 4.29. The van der Waals surface area contributed by atoms with Gasteiger partial charge in [0.15, 0.2) is 0 Å². The topological polar surface area (TPSA) is 49.4 Å². The highest BCUT2D eigenvalue weighted by molar-refractivity contribution is 6.10. The van der Waals surface area contributed by atoms with E-state index in [1.54, 1.807) is 12.1 Å². The molecular formula is C19H17F3N2O2. The smallest absolute Gasteiger partial charge is 0.325 e. The van der Waals surface area contributed by atoms with Crippen molar-refractivity contribution < 1.29 is 22.8 Å². The normalized spacial score (nSPS) is 16.3. The molecule has 0 saturated heterocycles. The number of nitrogens with zero attached hydrogens (tertiary/aromatic N) is 1. The maximum atomic E-state index is 13.0. The van der Waals surface area contributed by atoms with Crippen molar-refractivity contribution in [3.63, 3.8) is 0 Å². The van der Waals surface area contributed by atoms with E-state index in [0.29, 0.717) is 6.42 Å². The van der Waals surface area contributed by atoms with E-state index in [2.05, 4.69) is 5.32 Å². The molecule has 2 aromatic carbocycles.